The van der Waals surface area contributed by atoms with E-state index >= 15 is 0 Å². The molecule has 0 bridgehead atoms. The molecule has 3 aromatic heterocycles. The van der Waals surface area contributed by atoms with E-state index in [1.807, 2.05) is 36.4 Å². The Kier molecular flexibility index (Phi) is 7.15. The van der Waals surface area contributed by atoms with E-state index in [1.165, 1.54) is 0 Å². The Hall–Kier alpha value is -3.10. The third-order valence-electron chi connectivity index (χ3n) is 5.06. The van der Waals surface area contributed by atoms with Gasteiger partial charge in [-0.3, -0.25) is 19.6 Å². The topological polar surface area (TPSA) is 74.1 Å². The van der Waals surface area contributed by atoms with Crippen molar-refractivity contribution in [3.8, 4) is 5.75 Å². The van der Waals surface area contributed by atoms with Crippen LogP contribution in [0.5, 0.6) is 5.75 Å². The molecule has 166 valence electrons. The van der Waals surface area contributed by atoms with Crippen molar-refractivity contribution in [2.45, 2.75) is 13.0 Å². The minimum atomic E-state index is -0.0433. The highest BCUT2D eigenvalue weighted by Gasteiger charge is 2.11. The lowest BCUT2D eigenvalue weighted by molar-refractivity contribution is -0.114. The second-order valence-corrected chi connectivity index (χ2v) is 9.17. The summed E-state index contributed by atoms with van der Waals surface area (Å²) < 4.78 is 8.63. The molecule has 0 saturated heterocycles. The lowest BCUT2D eigenvalue weighted by atomic mass is 10.0. The number of nitrogens with zero attached hydrogens (tertiary/aromatic N) is 3. The highest BCUT2D eigenvalue weighted by atomic mass is 79.9. The van der Waals surface area contributed by atoms with Crippen LogP contribution in [0.1, 0.15) is 16.8 Å². The smallest absolute Gasteiger partial charge is 0.251 e. The number of benzene rings is 1. The number of ketones is 1. The first-order chi connectivity index (χ1) is 15.9. The molecule has 0 N–H and O–H groups in total. The maximum Gasteiger partial charge on any atom is 0.251 e. The van der Waals surface area contributed by atoms with Gasteiger partial charge in [0.25, 0.3) is 5.56 Å². The Morgan fingerprint density at radius 1 is 0.939 bits per heavy atom. The van der Waals surface area contributed by atoms with Crippen LogP contribution in [0.4, 0.5) is 0 Å². The van der Waals surface area contributed by atoms with Gasteiger partial charge in [-0.05, 0) is 85.5 Å². The summed E-state index contributed by atoms with van der Waals surface area (Å²) in [6.07, 6.45) is 7.26. The van der Waals surface area contributed by atoms with Crippen LogP contribution in [0.25, 0.3) is 17.1 Å². The number of allylic oxidation sites excluding steroid dienone is 1. The molecule has 0 atom stereocenters. The zero-order valence-electron chi connectivity index (χ0n) is 17.7. The number of carbonyl (C=O) groups is 1. The van der Waals surface area contributed by atoms with E-state index in [2.05, 4.69) is 41.8 Å². The van der Waals surface area contributed by atoms with Gasteiger partial charge in [0.2, 0.25) is 0 Å². The van der Waals surface area contributed by atoms with E-state index in [-0.39, 0.29) is 11.3 Å². The van der Waals surface area contributed by atoms with Gasteiger partial charge >= 0.3 is 0 Å². The molecule has 3 heterocycles. The summed E-state index contributed by atoms with van der Waals surface area (Å²) in [5.41, 5.74) is 4.50. The summed E-state index contributed by atoms with van der Waals surface area (Å²) in [6, 6.07) is 14.8. The molecular weight excluding hydrogens is 550 g/mol. The fourth-order valence-electron chi connectivity index (χ4n) is 3.42. The SMILES string of the molecule is COc1ccc(Cn2c(=O)ccc3ncc(Br)cc32)cc1.O=C1C=Cc2ncc(Br)cc2C1. The third kappa shape index (κ3) is 5.64. The average molecular weight is 569 g/mol. The van der Waals surface area contributed by atoms with Gasteiger partial charge in [0.15, 0.2) is 5.78 Å². The lowest BCUT2D eigenvalue weighted by Gasteiger charge is -2.10. The Bertz CT molecular complexity index is 1410. The number of carbonyl (C=O) groups excluding carboxylic acids is 1. The van der Waals surface area contributed by atoms with Crippen LogP contribution in [-0.2, 0) is 17.8 Å². The number of ether oxygens (including phenoxy) is 1. The van der Waals surface area contributed by atoms with Gasteiger partial charge in [-0.25, -0.2) is 0 Å². The summed E-state index contributed by atoms with van der Waals surface area (Å²) in [5.74, 6) is 0.941. The van der Waals surface area contributed by atoms with Crippen molar-refractivity contribution in [3.05, 3.63) is 103 Å². The van der Waals surface area contributed by atoms with Gasteiger partial charge < -0.3 is 9.30 Å². The molecule has 5 rings (SSSR count). The number of aromatic nitrogens is 3. The Balaban J connectivity index is 0.000000183. The fourth-order valence-corrected chi connectivity index (χ4v) is 4.12. The molecule has 1 aromatic carbocycles. The molecule has 6 nitrogen and oxygen atoms in total. The summed E-state index contributed by atoms with van der Waals surface area (Å²) in [5, 5.41) is 0. The minimum absolute atomic E-state index is 0.0433. The van der Waals surface area contributed by atoms with Crippen molar-refractivity contribution in [1.82, 2.24) is 14.5 Å². The quantitative estimate of drug-likeness (QED) is 0.340. The van der Waals surface area contributed by atoms with E-state index < -0.39 is 0 Å². The first-order valence-corrected chi connectivity index (χ1v) is 11.6. The molecule has 0 saturated carbocycles. The summed E-state index contributed by atoms with van der Waals surface area (Å²) in [4.78, 5) is 31.7. The maximum absolute atomic E-state index is 12.2. The zero-order valence-corrected chi connectivity index (χ0v) is 20.8. The van der Waals surface area contributed by atoms with E-state index in [9.17, 15) is 9.59 Å². The second kappa shape index (κ2) is 10.2. The summed E-state index contributed by atoms with van der Waals surface area (Å²) in [7, 11) is 1.63. The zero-order chi connectivity index (χ0) is 23.4. The van der Waals surface area contributed by atoms with Crippen LogP contribution in [0, 0.1) is 0 Å². The predicted octanol–water partition coefficient (Wildman–Crippen LogP) is 5.20. The van der Waals surface area contributed by atoms with Gasteiger partial charge in [-0.1, -0.05) is 12.1 Å². The standard InChI is InChI=1S/C16H13BrN2O2.C9H6BrNO/c1-21-13-4-2-11(3-5-13)10-19-15-8-12(17)9-18-14(15)6-7-16(19)20;10-7-3-6-4-8(12)1-2-9(6)11-5-7/h2-9H,10H2,1H3;1-3,5H,4H2. The molecule has 0 aliphatic heterocycles. The lowest BCUT2D eigenvalue weighted by Crippen LogP contribution is -2.20. The van der Waals surface area contributed by atoms with Crippen molar-refractivity contribution < 1.29 is 9.53 Å². The van der Waals surface area contributed by atoms with E-state index in [0.717, 1.165) is 42.5 Å². The van der Waals surface area contributed by atoms with Crippen molar-refractivity contribution in [2.75, 3.05) is 7.11 Å². The highest BCUT2D eigenvalue weighted by molar-refractivity contribution is 9.10. The van der Waals surface area contributed by atoms with Crippen molar-refractivity contribution in [1.29, 1.82) is 0 Å². The molecule has 8 heteroatoms. The van der Waals surface area contributed by atoms with Crippen LogP contribution < -0.4 is 10.3 Å². The van der Waals surface area contributed by atoms with Gasteiger partial charge in [-0.15, -0.1) is 0 Å². The molecule has 1 aliphatic carbocycles. The van der Waals surface area contributed by atoms with Crippen molar-refractivity contribution in [2.24, 2.45) is 0 Å². The number of halogens is 2. The monoisotopic (exact) mass is 567 g/mol. The van der Waals surface area contributed by atoms with Crippen LogP contribution >= 0.6 is 31.9 Å². The molecule has 1 aliphatic rings. The molecular formula is C25H19Br2N3O3. The number of rotatable bonds is 3. The van der Waals surface area contributed by atoms with E-state index in [1.54, 1.807) is 48.4 Å². The van der Waals surface area contributed by atoms with Crippen molar-refractivity contribution in [3.63, 3.8) is 0 Å². The largest absolute Gasteiger partial charge is 0.497 e. The molecule has 33 heavy (non-hydrogen) atoms. The number of pyridine rings is 3. The van der Waals surface area contributed by atoms with Crippen LogP contribution in [0.3, 0.4) is 0 Å². The van der Waals surface area contributed by atoms with Gasteiger partial charge in [0.05, 0.1) is 30.4 Å². The van der Waals surface area contributed by atoms with Crippen molar-refractivity contribution >= 4 is 54.8 Å². The third-order valence-corrected chi connectivity index (χ3v) is 5.93. The Labute approximate surface area is 207 Å². The Morgan fingerprint density at radius 2 is 1.67 bits per heavy atom. The first kappa shape index (κ1) is 23.1. The van der Waals surface area contributed by atoms with Gasteiger partial charge in [0, 0.05) is 33.8 Å². The predicted molar refractivity (Wildman–Crippen MR) is 135 cm³/mol. The Morgan fingerprint density at radius 3 is 2.42 bits per heavy atom. The normalized spacial score (nSPS) is 12.2. The number of hydrogen-bond donors (Lipinski definition) is 0. The number of hydrogen-bond acceptors (Lipinski definition) is 5. The molecule has 0 radical (unpaired) electrons. The number of methoxy groups -OCH3 is 1. The number of fused-ring (bicyclic) bond motifs is 2. The molecule has 0 spiro atoms. The van der Waals surface area contributed by atoms with Crippen LogP contribution in [-0.4, -0.2) is 27.4 Å². The molecule has 0 unspecified atom stereocenters. The molecule has 0 fully saturated rings. The van der Waals surface area contributed by atoms with Crippen LogP contribution in [0.15, 0.2) is 80.7 Å². The summed E-state index contributed by atoms with van der Waals surface area (Å²) >= 11 is 6.71. The highest BCUT2D eigenvalue weighted by Crippen LogP contribution is 2.19. The fraction of sp³-hybridized carbons (Fsp3) is 0.120. The maximum atomic E-state index is 12.2. The average Bonchev–Trinajstić information content (AvgIpc) is 2.81. The van der Waals surface area contributed by atoms with E-state index in [4.69, 9.17) is 4.74 Å². The molecule has 0 amide bonds. The minimum Gasteiger partial charge on any atom is -0.497 e. The second-order valence-electron chi connectivity index (χ2n) is 7.34. The summed E-state index contributed by atoms with van der Waals surface area (Å²) in [6.45, 7) is 0.498. The van der Waals surface area contributed by atoms with Gasteiger partial charge in [-0.2, -0.15) is 0 Å². The van der Waals surface area contributed by atoms with Gasteiger partial charge in [0.1, 0.15) is 5.75 Å². The molecule has 4 aromatic rings. The van der Waals surface area contributed by atoms with Crippen LogP contribution in [0.2, 0.25) is 0 Å². The van der Waals surface area contributed by atoms with E-state index in [0.29, 0.717) is 13.0 Å². The first-order valence-electron chi connectivity index (χ1n) is 10.1.